The summed E-state index contributed by atoms with van der Waals surface area (Å²) in [6, 6.07) is 11.5. The van der Waals surface area contributed by atoms with Gasteiger partial charge in [-0.15, -0.1) is 0 Å². The fourth-order valence-electron chi connectivity index (χ4n) is 7.05. The molecule has 2 aromatic heterocycles. The van der Waals surface area contributed by atoms with Crippen molar-refractivity contribution in [2.45, 2.75) is 90.5 Å². The van der Waals surface area contributed by atoms with E-state index < -0.39 is 27.1 Å². The lowest BCUT2D eigenvalue weighted by atomic mass is 9.81. The van der Waals surface area contributed by atoms with Crippen molar-refractivity contribution in [3.63, 3.8) is 0 Å². The van der Waals surface area contributed by atoms with Gasteiger partial charge in [-0.25, -0.2) is 22.9 Å². The Labute approximate surface area is 282 Å². The number of carbonyl (C=O) groups excluding carboxylic acids is 2. The summed E-state index contributed by atoms with van der Waals surface area (Å²) in [6.07, 6.45) is 9.38. The van der Waals surface area contributed by atoms with Gasteiger partial charge in [-0.2, -0.15) is 0 Å². The molecule has 0 spiro atoms. The number of ether oxygens (including phenoxy) is 2. The van der Waals surface area contributed by atoms with Crippen molar-refractivity contribution >= 4 is 44.5 Å². The number of hydrogen-bond acceptors (Lipinski definition) is 7. The van der Waals surface area contributed by atoms with Gasteiger partial charge in [0.25, 0.3) is 5.91 Å². The van der Waals surface area contributed by atoms with Crippen LogP contribution in [0.4, 0.5) is 0 Å². The molecule has 0 unspecified atom stereocenters. The zero-order valence-electron chi connectivity index (χ0n) is 28.5. The van der Waals surface area contributed by atoms with Crippen LogP contribution in [0.2, 0.25) is 0 Å². The quantitative estimate of drug-likeness (QED) is 0.185. The van der Waals surface area contributed by atoms with Crippen LogP contribution in [0.5, 0.6) is 5.75 Å². The largest absolute Gasteiger partial charge is 0.497 e. The topological polar surface area (TPSA) is 122 Å². The van der Waals surface area contributed by atoms with Crippen LogP contribution in [0, 0.1) is 0 Å². The molecule has 0 saturated heterocycles. The predicted octanol–water partition coefficient (Wildman–Crippen LogP) is 7.34. The number of carbonyl (C=O) groups is 2. The van der Waals surface area contributed by atoms with E-state index in [1.165, 1.54) is 25.8 Å². The van der Waals surface area contributed by atoms with E-state index in [9.17, 15) is 18.0 Å². The number of rotatable bonds is 9. The molecule has 4 aromatic rings. The predicted molar refractivity (Wildman–Crippen MR) is 188 cm³/mol. The van der Waals surface area contributed by atoms with Crippen LogP contribution in [0.15, 0.2) is 42.7 Å². The fraction of sp³-hybridized carbons (Fsp3) is 0.432. The molecule has 11 heteroatoms. The molecule has 10 nitrogen and oxygen atoms in total. The number of nitrogens with zero attached hydrogens (tertiary/aromatic N) is 3. The van der Waals surface area contributed by atoms with Gasteiger partial charge in [-0.3, -0.25) is 4.79 Å². The summed E-state index contributed by atoms with van der Waals surface area (Å²) in [5.74, 6) is -0.140. The second-order valence-electron chi connectivity index (χ2n) is 13.2. The normalized spacial score (nSPS) is 15.2. The zero-order chi connectivity index (χ0) is 34.3. The van der Waals surface area contributed by atoms with Crippen molar-refractivity contribution in [2.24, 2.45) is 0 Å². The minimum Gasteiger partial charge on any atom is -0.497 e. The number of benzene rings is 2. The molecule has 48 heavy (non-hydrogen) atoms. The van der Waals surface area contributed by atoms with E-state index in [0.717, 1.165) is 59.0 Å². The number of aromatic nitrogens is 3. The Balaban J connectivity index is 1.64. The standard InChI is InChI=1S/C37H44N4O6S/c1-7-47-37(43)33-34(41(21-38-33)22(2)3)27-17-26-18-28(46-6)14-16-29(26)35-32(24-11-9-8-10-12-24)30-15-13-25(19-31(30)40(35)20-27)36(42)39-48(44,45)23(4)5/h13-19,21-24H,7-12,20H2,1-6H3,(H,39,42). The molecular formula is C37H44N4O6S. The molecule has 3 heterocycles. The van der Waals surface area contributed by atoms with E-state index in [-0.39, 0.29) is 23.9 Å². The SMILES string of the molecule is CCOC(=O)c1ncn(C(C)C)c1C1=Cc2cc(OC)ccc2-c2c(C3CCCCC3)c3ccc(C(=O)NS(=O)(=O)C(C)C)cc3n2C1. The second kappa shape index (κ2) is 13.3. The maximum Gasteiger partial charge on any atom is 0.359 e. The second-order valence-corrected chi connectivity index (χ2v) is 15.5. The first-order chi connectivity index (χ1) is 22.9. The summed E-state index contributed by atoms with van der Waals surface area (Å²) >= 11 is 0. The maximum atomic E-state index is 13.4. The molecule has 254 valence electrons. The number of methoxy groups -OCH3 is 1. The summed E-state index contributed by atoms with van der Waals surface area (Å²) in [4.78, 5) is 31.2. The first-order valence-electron chi connectivity index (χ1n) is 16.8. The molecule has 2 aliphatic rings. The van der Waals surface area contributed by atoms with Crippen LogP contribution in [0.1, 0.15) is 116 Å². The lowest BCUT2D eigenvalue weighted by Crippen LogP contribution is -2.35. The third kappa shape index (κ3) is 6.04. The molecule has 2 aromatic carbocycles. The average molecular weight is 673 g/mol. The van der Waals surface area contributed by atoms with Gasteiger partial charge in [-0.05, 0) is 106 Å². The Kier molecular flexibility index (Phi) is 9.26. The van der Waals surface area contributed by atoms with Crippen LogP contribution < -0.4 is 9.46 Å². The molecule has 6 rings (SSSR count). The van der Waals surface area contributed by atoms with Gasteiger partial charge in [0.15, 0.2) is 5.69 Å². The van der Waals surface area contributed by atoms with Crippen molar-refractivity contribution < 1.29 is 27.5 Å². The number of hydrogen-bond donors (Lipinski definition) is 1. The van der Waals surface area contributed by atoms with Crippen molar-refractivity contribution in [1.29, 1.82) is 0 Å². The van der Waals surface area contributed by atoms with E-state index >= 15 is 0 Å². The van der Waals surface area contributed by atoms with Gasteiger partial charge in [0, 0.05) is 28.1 Å². The van der Waals surface area contributed by atoms with Gasteiger partial charge in [0.05, 0.1) is 43.2 Å². The summed E-state index contributed by atoms with van der Waals surface area (Å²) in [5, 5.41) is 0.277. The van der Waals surface area contributed by atoms with Gasteiger partial charge in [-0.1, -0.05) is 25.3 Å². The number of fused-ring (bicyclic) bond motifs is 5. The van der Waals surface area contributed by atoms with Crippen molar-refractivity contribution in [1.82, 2.24) is 18.8 Å². The van der Waals surface area contributed by atoms with E-state index in [1.807, 2.05) is 36.6 Å². The molecule has 1 amide bonds. The van der Waals surface area contributed by atoms with Crippen molar-refractivity contribution in [2.75, 3.05) is 13.7 Å². The highest BCUT2D eigenvalue weighted by Crippen LogP contribution is 2.48. The molecule has 0 bridgehead atoms. The molecule has 1 fully saturated rings. The molecule has 1 N–H and O–H groups in total. The fourth-order valence-corrected chi connectivity index (χ4v) is 7.66. The molecule has 1 aliphatic heterocycles. The van der Waals surface area contributed by atoms with E-state index in [4.69, 9.17) is 9.47 Å². The van der Waals surface area contributed by atoms with Crippen LogP contribution in [-0.2, 0) is 21.3 Å². The Bertz CT molecular complexity index is 2030. The molecule has 1 aliphatic carbocycles. The van der Waals surface area contributed by atoms with Gasteiger partial charge >= 0.3 is 5.97 Å². The smallest absolute Gasteiger partial charge is 0.359 e. The summed E-state index contributed by atoms with van der Waals surface area (Å²) in [7, 11) is -2.19. The lowest BCUT2D eigenvalue weighted by Gasteiger charge is -2.24. The molecule has 0 atom stereocenters. The molecular weight excluding hydrogens is 628 g/mol. The van der Waals surface area contributed by atoms with Crippen molar-refractivity contribution in [3.8, 4) is 17.0 Å². The zero-order valence-corrected chi connectivity index (χ0v) is 29.3. The Morgan fingerprint density at radius 2 is 1.77 bits per heavy atom. The Morgan fingerprint density at radius 3 is 2.44 bits per heavy atom. The summed E-state index contributed by atoms with van der Waals surface area (Å²) in [6.45, 7) is 9.53. The highest BCUT2D eigenvalue weighted by atomic mass is 32.2. The Morgan fingerprint density at radius 1 is 1.02 bits per heavy atom. The van der Waals surface area contributed by atoms with E-state index in [2.05, 4.69) is 26.4 Å². The third-order valence-corrected chi connectivity index (χ3v) is 11.2. The first-order valence-corrected chi connectivity index (χ1v) is 18.3. The number of allylic oxidation sites excluding steroid dienone is 1. The van der Waals surface area contributed by atoms with Crippen LogP contribution >= 0.6 is 0 Å². The number of esters is 1. The lowest BCUT2D eigenvalue weighted by molar-refractivity contribution is 0.0519. The number of amides is 1. The Hall–Kier alpha value is -4.38. The van der Waals surface area contributed by atoms with E-state index in [1.54, 1.807) is 32.5 Å². The third-order valence-electron chi connectivity index (χ3n) is 9.53. The van der Waals surface area contributed by atoms with Crippen LogP contribution in [0.25, 0.3) is 33.8 Å². The van der Waals surface area contributed by atoms with Crippen LogP contribution in [-0.4, -0.2) is 53.4 Å². The minimum absolute atomic E-state index is 0.00138. The highest BCUT2D eigenvalue weighted by molar-refractivity contribution is 7.90. The summed E-state index contributed by atoms with van der Waals surface area (Å²) in [5.41, 5.74) is 7.09. The van der Waals surface area contributed by atoms with Crippen molar-refractivity contribution in [3.05, 3.63) is 70.8 Å². The monoisotopic (exact) mass is 672 g/mol. The maximum absolute atomic E-state index is 13.4. The van der Waals surface area contributed by atoms with Gasteiger partial charge in [0.2, 0.25) is 10.0 Å². The first kappa shape index (κ1) is 33.5. The number of nitrogens with one attached hydrogen (secondary N) is 1. The minimum atomic E-state index is -3.83. The summed E-state index contributed by atoms with van der Waals surface area (Å²) < 4.78 is 42.9. The number of imidazole rings is 1. The average Bonchev–Trinajstić information content (AvgIpc) is 3.60. The molecule has 1 saturated carbocycles. The number of sulfonamides is 1. The van der Waals surface area contributed by atoms with Gasteiger partial charge in [0.1, 0.15) is 5.75 Å². The van der Waals surface area contributed by atoms with E-state index in [0.29, 0.717) is 23.9 Å². The highest BCUT2D eigenvalue weighted by Gasteiger charge is 2.32. The molecule has 0 radical (unpaired) electrons. The van der Waals surface area contributed by atoms with Gasteiger partial charge < -0.3 is 18.6 Å². The van der Waals surface area contributed by atoms with Crippen LogP contribution in [0.3, 0.4) is 0 Å².